The fraction of sp³-hybridized carbons (Fsp3) is 0.278. The lowest BCUT2D eigenvalue weighted by Gasteiger charge is -2.17. The Morgan fingerprint density at radius 1 is 1.04 bits per heavy atom. The summed E-state index contributed by atoms with van der Waals surface area (Å²) in [6.07, 6.45) is 0. The van der Waals surface area contributed by atoms with E-state index in [-0.39, 0.29) is 5.91 Å². The van der Waals surface area contributed by atoms with Gasteiger partial charge in [-0.05, 0) is 53.0 Å². The van der Waals surface area contributed by atoms with E-state index in [2.05, 4.69) is 21.2 Å². The van der Waals surface area contributed by atoms with Gasteiger partial charge in [0.2, 0.25) is 5.75 Å². The van der Waals surface area contributed by atoms with Crippen LogP contribution in [0.2, 0.25) is 5.02 Å². The normalized spacial score (nSPS) is 10.4. The number of hydrogen-bond acceptors (Lipinski definition) is 4. The highest BCUT2D eigenvalue weighted by molar-refractivity contribution is 9.10. The van der Waals surface area contributed by atoms with Gasteiger partial charge in [0.05, 0.1) is 42.1 Å². The number of carbonyl (C=O) groups excluding carboxylic acids is 1. The van der Waals surface area contributed by atoms with E-state index in [9.17, 15) is 4.79 Å². The minimum atomic E-state index is -0.347. The van der Waals surface area contributed by atoms with Crippen LogP contribution in [0.5, 0.6) is 17.2 Å². The van der Waals surface area contributed by atoms with Crippen molar-refractivity contribution in [3.63, 3.8) is 0 Å². The van der Waals surface area contributed by atoms with Crippen molar-refractivity contribution in [3.8, 4) is 17.2 Å². The zero-order chi connectivity index (χ0) is 18.7. The molecule has 0 fully saturated rings. The van der Waals surface area contributed by atoms with Crippen LogP contribution in [0, 0.1) is 13.8 Å². The Labute approximate surface area is 160 Å². The van der Waals surface area contributed by atoms with Gasteiger partial charge in [0.25, 0.3) is 5.91 Å². The van der Waals surface area contributed by atoms with Gasteiger partial charge in [-0.2, -0.15) is 0 Å². The Balaban J connectivity index is 2.50. The van der Waals surface area contributed by atoms with Crippen LogP contribution >= 0.6 is 27.5 Å². The molecule has 0 spiro atoms. The fourth-order valence-electron chi connectivity index (χ4n) is 2.54. The summed E-state index contributed by atoms with van der Waals surface area (Å²) < 4.78 is 16.4. The fourth-order valence-corrected chi connectivity index (χ4v) is 3.55. The molecule has 2 aromatic rings. The number of amides is 1. The molecule has 7 heteroatoms. The molecule has 0 atom stereocenters. The van der Waals surface area contributed by atoms with E-state index in [4.69, 9.17) is 25.8 Å². The number of benzene rings is 2. The Morgan fingerprint density at radius 3 is 2.20 bits per heavy atom. The van der Waals surface area contributed by atoms with E-state index in [0.29, 0.717) is 38.0 Å². The smallest absolute Gasteiger partial charge is 0.257 e. The lowest BCUT2D eigenvalue weighted by molar-refractivity contribution is 0.102. The number of methoxy groups -OCH3 is 3. The summed E-state index contributed by atoms with van der Waals surface area (Å²) in [6, 6.07) is 5.33. The van der Waals surface area contributed by atoms with Gasteiger partial charge < -0.3 is 19.5 Å². The molecule has 0 saturated heterocycles. The van der Waals surface area contributed by atoms with Crippen molar-refractivity contribution in [1.29, 1.82) is 0 Å². The SMILES string of the molecule is COc1cc(C(=O)Nc2c(C)cc(C)cc2Cl)c(Br)c(OC)c1OC. The molecule has 0 bridgehead atoms. The summed E-state index contributed by atoms with van der Waals surface area (Å²) in [5.41, 5.74) is 2.81. The Bertz CT molecular complexity index is 800. The predicted molar refractivity (Wildman–Crippen MR) is 103 cm³/mol. The third-order valence-corrected chi connectivity index (χ3v) is 4.77. The van der Waals surface area contributed by atoms with Crippen LogP contribution in [0.4, 0.5) is 5.69 Å². The maximum atomic E-state index is 12.8. The summed E-state index contributed by atoms with van der Waals surface area (Å²) >= 11 is 9.68. The maximum Gasteiger partial charge on any atom is 0.257 e. The molecule has 1 amide bonds. The molecule has 2 rings (SSSR count). The van der Waals surface area contributed by atoms with Crippen LogP contribution < -0.4 is 19.5 Å². The number of hydrogen-bond donors (Lipinski definition) is 1. The molecule has 0 saturated carbocycles. The van der Waals surface area contributed by atoms with E-state index >= 15 is 0 Å². The van der Waals surface area contributed by atoms with Crippen LogP contribution in [0.1, 0.15) is 21.5 Å². The van der Waals surface area contributed by atoms with Crippen molar-refractivity contribution in [2.24, 2.45) is 0 Å². The average molecular weight is 429 g/mol. The van der Waals surface area contributed by atoms with Gasteiger partial charge in [-0.15, -0.1) is 0 Å². The van der Waals surface area contributed by atoms with Crippen LogP contribution in [-0.4, -0.2) is 27.2 Å². The van der Waals surface area contributed by atoms with Crippen LogP contribution in [0.25, 0.3) is 0 Å². The summed E-state index contributed by atoms with van der Waals surface area (Å²) in [5, 5.41) is 3.33. The predicted octanol–water partition coefficient (Wildman–Crippen LogP) is 5.00. The molecule has 25 heavy (non-hydrogen) atoms. The first-order valence-corrected chi connectivity index (χ1v) is 8.57. The number of carbonyl (C=O) groups is 1. The molecule has 1 N–H and O–H groups in total. The molecule has 0 aromatic heterocycles. The van der Waals surface area contributed by atoms with Crippen molar-refractivity contribution in [2.75, 3.05) is 26.6 Å². The molecular weight excluding hydrogens is 410 g/mol. The summed E-state index contributed by atoms with van der Waals surface area (Å²) in [7, 11) is 4.49. The van der Waals surface area contributed by atoms with E-state index in [1.165, 1.54) is 21.3 Å². The minimum Gasteiger partial charge on any atom is -0.493 e. The second-order valence-corrected chi connectivity index (χ2v) is 6.60. The van der Waals surface area contributed by atoms with Crippen molar-refractivity contribution in [1.82, 2.24) is 0 Å². The molecule has 2 aromatic carbocycles. The number of halogens is 2. The largest absolute Gasteiger partial charge is 0.493 e. The number of ether oxygens (including phenoxy) is 3. The molecule has 0 radical (unpaired) electrons. The topological polar surface area (TPSA) is 56.8 Å². The highest BCUT2D eigenvalue weighted by Crippen LogP contribution is 2.45. The van der Waals surface area contributed by atoms with Gasteiger partial charge in [0.1, 0.15) is 0 Å². The zero-order valence-electron chi connectivity index (χ0n) is 14.6. The van der Waals surface area contributed by atoms with Crippen molar-refractivity contribution in [2.45, 2.75) is 13.8 Å². The van der Waals surface area contributed by atoms with Gasteiger partial charge in [-0.25, -0.2) is 0 Å². The van der Waals surface area contributed by atoms with Gasteiger partial charge in [-0.3, -0.25) is 4.79 Å². The number of aryl methyl sites for hydroxylation is 2. The van der Waals surface area contributed by atoms with Crippen LogP contribution in [-0.2, 0) is 0 Å². The molecule has 0 unspecified atom stereocenters. The summed E-state index contributed by atoms with van der Waals surface area (Å²) in [6.45, 7) is 3.83. The molecule has 134 valence electrons. The molecule has 0 aliphatic heterocycles. The third-order valence-electron chi connectivity index (χ3n) is 3.68. The first-order chi connectivity index (χ1) is 11.8. The highest BCUT2D eigenvalue weighted by atomic mass is 79.9. The summed E-state index contributed by atoms with van der Waals surface area (Å²) in [5.74, 6) is 0.816. The second kappa shape index (κ2) is 7.97. The zero-order valence-corrected chi connectivity index (χ0v) is 17.0. The van der Waals surface area contributed by atoms with Crippen molar-refractivity contribution in [3.05, 3.63) is 44.4 Å². The van der Waals surface area contributed by atoms with Crippen LogP contribution in [0.3, 0.4) is 0 Å². The van der Waals surface area contributed by atoms with Gasteiger partial charge in [0, 0.05) is 0 Å². The number of rotatable bonds is 5. The van der Waals surface area contributed by atoms with Gasteiger partial charge >= 0.3 is 0 Å². The van der Waals surface area contributed by atoms with Gasteiger partial charge in [0.15, 0.2) is 11.5 Å². The van der Waals surface area contributed by atoms with Crippen molar-refractivity contribution < 1.29 is 19.0 Å². The highest BCUT2D eigenvalue weighted by Gasteiger charge is 2.23. The van der Waals surface area contributed by atoms with Crippen molar-refractivity contribution >= 4 is 39.1 Å². The second-order valence-electron chi connectivity index (χ2n) is 5.40. The monoisotopic (exact) mass is 427 g/mol. The molecule has 0 aliphatic carbocycles. The van der Waals surface area contributed by atoms with Crippen LogP contribution in [0.15, 0.2) is 22.7 Å². The summed E-state index contributed by atoms with van der Waals surface area (Å²) in [4.78, 5) is 12.8. The number of nitrogens with one attached hydrogen (secondary N) is 1. The van der Waals surface area contributed by atoms with E-state index in [1.54, 1.807) is 12.1 Å². The third kappa shape index (κ3) is 3.85. The van der Waals surface area contributed by atoms with Gasteiger partial charge in [-0.1, -0.05) is 17.7 Å². The number of anilines is 1. The Kier molecular flexibility index (Phi) is 6.19. The average Bonchev–Trinajstić information content (AvgIpc) is 2.57. The Hall–Kier alpha value is -1.92. The minimum absolute atomic E-state index is 0.338. The first-order valence-electron chi connectivity index (χ1n) is 7.40. The molecule has 0 aliphatic rings. The molecule has 5 nitrogen and oxygen atoms in total. The maximum absolute atomic E-state index is 12.8. The lowest BCUT2D eigenvalue weighted by atomic mass is 10.1. The molecular formula is C18H19BrClNO4. The first kappa shape index (κ1) is 19.4. The quantitative estimate of drug-likeness (QED) is 0.728. The molecule has 0 heterocycles. The van der Waals surface area contributed by atoms with E-state index in [0.717, 1.165) is 11.1 Å². The van der Waals surface area contributed by atoms with E-state index in [1.807, 2.05) is 19.9 Å². The lowest BCUT2D eigenvalue weighted by Crippen LogP contribution is -2.15. The Morgan fingerprint density at radius 2 is 1.68 bits per heavy atom. The van der Waals surface area contributed by atoms with E-state index < -0.39 is 0 Å². The standard InChI is InChI=1S/C18H19BrClNO4/c1-9-6-10(2)15(12(20)7-9)21-18(22)11-8-13(23-3)16(24-4)17(25-5)14(11)19/h6-8H,1-5H3,(H,21,22).